The average Bonchev–Trinajstić information content (AvgIpc) is 3.25. The van der Waals surface area contributed by atoms with Gasteiger partial charge in [0.2, 0.25) is 11.8 Å². The summed E-state index contributed by atoms with van der Waals surface area (Å²) in [5.74, 6) is 0.452. The standard InChI is InChI=1S/C18H23ClN2O4/c1-24-15-9-14(16(25-2)8-13(15)19)20-18(23)11-7-17(22)21(10-11)12-5-3-4-6-12/h8-9,11-12H,3-7,10H2,1-2H3,(H,20,23)/t11-/m0/s1. The Balaban J connectivity index is 1.71. The largest absolute Gasteiger partial charge is 0.495 e. The van der Waals surface area contributed by atoms with Crippen LogP contribution in [0.25, 0.3) is 0 Å². The van der Waals surface area contributed by atoms with Crippen LogP contribution in [0, 0.1) is 5.92 Å². The first-order chi connectivity index (χ1) is 12.0. The van der Waals surface area contributed by atoms with E-state index in [4.69, 9.17) is 21.1 Å². The molecule has 136 valence electrons. The van der Waals surface area contributed by atoms with Crippen molar-refractivity contribution < 1.29 is 19.1 Å². The molecule has 1 heterocycles. The molecule has 0 bridgehead atoms. The summed E-state index contributed by atoms with van der Waals surface area (Å²) < 4.78 is 10.5. The molecule has 1 atom stereocenters. The molecule has 2 aliphatic rings. The summed E-state index contributed by atoms with van der Waals surface area (Å²) in [5, 5.41) is 3.26. The van der Waals surface area contributed by atoms with E-state index >= 15 is 0 Å². The van der Waals surface area contributed by atoms with E-state index in [0.29, 0.717) is 34.8 Å². The lowest BCUT2D eigenvalue weighted by atomic mass is 10.1. The number of rotatable bonds is 5. The second-order valence-corrected chi connectivity index (χ2v) is 6.97. The summed E-state index contributed by atoms with van der Waals surface area (Å²) in [5.41, 5.74) is 0.487. The quantitative estimate of drug-likeness (QED) is 0.869. The number of ether oxygens (including phenoxy) is 2. The lowest BCUT2D eigenvalue weighted by Gasteiger charge is -2.24. The number of carbonyl (C=O) groups excluding carboxylic acids is 2. The molecule has 0 unspecified atom stereocenters. The van der Waals surface area contributed by atoms with Crippen molar-refractivity contribution in [1.82, 2.24) is 4.90 Å². The molecule has 6 nitrogen and oxygen atoms in total. The van der Waals surface area contributed by atoms with E-state index < -0.39 is 0 Å². The molecule has 2 amide bonds. The third kappa shape index (κ3) is 3.68. The summed E-state index contributed by atoms with van der Waals surface area (Å²) in [6.45, 7) is 0.488. The highest BCUT2D eigenvalue weighted by Crippen LogP contribution is 2.37. The van der Waals surface area contributed by atoms with Gasteiger partial charge in [-0.25, -0.2) is 0 Å². The van der Waals surface area contributed by atoms with Crippen LogP contribution >= 0.6 is 11.6 Å². The van der Waals surface area contributed by atoms with Crippen LogP contribution in [-0.4, -0.2) is 43.5 Å². The molecular formula is C18H23ClN2O4. The zero-order chi connectivity index (χ0) is 18.0. The number of nitrogens with one attached hydrogen (secondary N) is 1. The SMILES string of the molecule is COc1cc(NC(=O)[C@H]2CC(=O)N(C3CCCC3)C2)c(OC)cc1Cl. The van der Waals surface area contributed by atoms with Gasteiger partial charge in [0.15, 0.2) is 0 Å². The Bertz CT molecular complexity index is 673. The number of hydrogen-bond acceptors (Lipinski definition) is 4. The molecular weight excluding hydrogens is 344 g/mol. The lowest BCUT2D eigenvalue weighted by Crippen LogP contribution is -2.35. The molecule has 1 aromatic carbocycles. The fourth-order valence-corrected chi connectivity index (χ4v) is 3.90. The molecule has 1 N–H and O–H groups in total. The highest BCUT2D eigenvalue weighted by atomic mass is 35.5. The van der Waals surface area contributed by atoms with Crippen LogP contribution in [0.4, 0.5) is 5.69 Å². The van der Waals surface area contributed by atoms with Crippen LogP contribution in [0.3, 0.4) is 0 Å². The van der Waals surface area contributed by atoms with Gasteiger partial charge in [0.05, 0.1) is 30.8 Å². The Morgan fingerprint density at radius 3 is 2.52 bits per heavy atom. The highest BCUT2D eigenvalue weighted by Gasteiger charge is 2.38. The number of likely N-dealkylation sites (tertiary alicyclic amines) is 1. The maximum absolute atomic E-state index is 12.7. The van der Waals surface area contributed by atoms with E-state index in [0.717, 1.165) is 25.7 Å². The lowest BCUT2D eigenvalue weighted by molar-refractivity contribution is -0.129. The van der Waals surface area contributed by atoms with Crippen LogP contribution in [0.1, 0.15) is 32.1 Å². The number of halogens is 1. The number of carbonyl (C=O) groups is 2. The van der Waals surface area contributed by atoms with Crippen LogP contribution in [0.15, 0.2) is 12.1 Å². The minimum Gasteiger partial charge on any atom is -0.495 e. The maximum atomic E-state index is 12.7. The maximum Gasteiger partial charge on any atom is 0.229 e. The Morgan fingerprint density at radius 2 is 1.88 bits per heavy atom. The molecule has 1 aliphatic carbocycles. The zero-order valence-corrected chi connectivity index (χ0v) is 15.3. The van der Waals surface area contributed by atoms with Crippen molar-refractivity contribution >= 4 is 29.1 Å². The minimum absolute atomic E-state index is 0.0766. The Kier molecular flexibility index (Phi) is 5.37. The van der Waals surface area contributed by atoms with Crippen molar-refractivity contribution in [3.05, 3.63) is 17.2 Å². The van der Waals surface area contributed by atoms with Crippen molar-refractivity contribution in [2.24, 2.45) is 5.92 Å². The van der Waals surface area contributed by atoms with Crippen molar-refractivity contribution in [1.29, 1.82) is 0 Å². The first-order valence-electron chi connectivity index (χ1n) is 8.55. The summed E-state index contributed by atoms with van der Waals surface area (Å²) in [4.78, 5) is 26.8. The predicted octanol–water partition coefficient (Wildman–Crippen LogP) is 3.09. The van der Waals surface area contributed by atoms with Crippen LogP contribution < -0.4 is 14.8 Å². The number of amides is 2. The van der Waals surface area contributed by atoms with Crippen LogP contribution in [0.5, 0.6) is 11.5 Å². The van der Waals surface area contributed by atoms with Gasteiger partial charge in [-0.05, 0) is 12.8 Å². The molecule has 3 rings (SSSR count). The average molecular weight is 367 g/mol. The van der Waals surface area contributed by atoms with Gasteiger partial charge in [-0.15, -0.1) is 0 Å². The molecule has 1 saturated heterocycles. The van der Waals surface area contributed by atoms with E-state index in [-0.39, 0.29) is 24.2 Å². The van der Waals surface area contributed by atoms with Crippen LogP contribution in [-0.2, 0) is 9.59 Å². The topological polar surface area (TPSA) is 67.9 Å². The number of methoxy groups -OCH3 is 2. The first-order valence-corrected chi connectivity index (χ1v) is 8.93. The molecule has 25 heavy (non-hydrogen) atoms. The number of nitrogens with zero attached hydrogens (tertiary/aromatic N) is 1. The van der Waals surface area contributed by atoms with Gasteiger partial charge in [-0.3, -0.25) is 9.59 Å². The normalized spacial score (nSPS) is 20.8. The minimum atomic E-state index is -0.348. The van der Waals surface area contributed by atoms with Gasteiger partial charge in [-0.2, -0.15) is 0 Å². The number of benzene rings is 1. The van der Waals surface area contributed by atoms with Gasteiger partial charge in [0.1, 0.15) is 11.5 Å². The summed E-state index contributed by atoms with van der Waals surface area (Å²) in [6.07, 6.45) is 4.67. The molecule has 2 fully saturated rings. The van der Waals surface area contributed by atoms with Gasteiger partial charge in [0.25, 0.3) is 0 Å². The summed E-state index contributed by atoms with van der Waals surface area (Å²) in [7, 11) is 3.02. The fraction of sp³-hybridized carbons (Fsp3) is 0.556. The van der Waals surface area contributed by atoms with E-state index in [9.17, 15) is 9.59 Å². The molecule has 0 radical (unpaired) electrons. The smallest absolute Gasteiger partial charge is 0.229 e. The molecule has 1 aromatic rings. The molecule has 0 aromatic heterocycles. The van der Waals surface area contributed by atoms with E-state index in [1.165, 1.54) is 14.2 Å². The number of anilines is 1. The monoisotopic (exact) mass is 366 g/mol. The summed E-state index contributed by atoms with van der Waals surface area (Å²) in [6, 6.07) is 3.53. The predicted molar refractivity (Wildman–Crippen MR) is 95.3 cm³/mol. The van der Waals surface area contributed by atoms with Crippen molar-refractivity contribution in [2.45, 2.75) is 38.1 Å². The van der Waals surface area contributed by atoms with Gasteiger partial charge in [-0.1, -0.05) is 24.4 Å². The van der Waals surface area contributed by atoms with Gasteiger partial charge in [0, 0.05) is 31.1 Å². The van der Waals surface area contributed by atoms with Crippen molar-refractivity contribution in [3.63, 3.8) is 0 Å². The fourth-order valence-electron chi connectivity index (χ4n) is 3.67. The second kappa shape index (κ2) is 7.52. The van der Waals surface area contributed by atoms with E-state index in [1.807, 2.05) is 4.90 Å². The van der Waals surface area contributed by atoms with E-state index in [1.54, 1.807) is 12.1 Å². The van der Waals surface area contributed by atoms with Crippen molar-refractivity contribution in [2.75, 3.05) is 26.1 Å². The first kappa shape index (κ1) is 17.9. The molecule has 7 heteroatoms. The number of hydrogen-bond donors (Lipinski definition) is 1. The Morgan fingerprint density at radius 1 is 1.20 bits per heavy atom. The Hall–Kier alpha value is -1.95. The Labute approximate surface area is 152 Å². The molecule has 1 saturated carbocycles. The zero-order valence-electron chi connectivity index (χ0n) is 14.5. The van der Waals surface area contributed by atoms with E-state index in [2.05, 4.69) is 5.32 Å². The second-order valence-electron chi connectivity index (χ2n) is 6.56. The van der Waals surface area contributed by atoms with Crippen LogP contribution in [0.2, 0.25) is 5.02 Å². The third-order valence-electron chi connectivity index (χ3n) is 5.03. The van der Waals surface area contributed by atoms with Gasteiger partial charge < -0.3 is 19.7 Å². The summed E-state index contributed by atoms with van der Waals surface area (Å²) >= 11 is 6.09. The van der Waals surface area contributed by atoms with Crippen molar-refractivity contribution in [3.8, 4) is 11.5 Å². The van der Waals surface area contributed by atoms with Gasteiger partial charge >= 0.3 is 0 Å². The third-order valence-corrected chi connectivity index (χ3v) is 5.32. The molecule has 0 spiro atoms. The molecule has 1 aliphatic heterocycles. The highest BCUT2D eigenvalue weighted by molar-refractivity contribution is 6.32.